The summed E-state index contributed by atoms with van der Waals surface area (Å²) >= 11 is 2.60. The highest BCUT2D eigenvalue weighted by Gasteiger charge is 2.46. The second kappa shape index (κ2) is 13.1. The van der Waals surface area contributed by atoms with E-state index in [1.54, 1.807) is 13.8 Å². The average Bonchev–Trinajstić information content (AvgIpc) is 3.32. The van der Waals surface area contributed by atoms with Crippen LogP contribution in [0.4, 0.5) is 11.4 Å². The number of aliphatic carboxylic acids is 2. The molecule has 5 aromatic rings. The molecule has 312 valence electrons. The number of aliphatic hydroxyl groups excluding tert-OH is 2. The van der Waals surface area contributed by atoms with Crippen LogP contribution >= 0.6 is 23.5 Å². The summed E-state index contributed by atoms with van der Waals surface area (Å²) in [5, 5.41) is 70.0. The number of Topliss-reactive ketones (excluding diaryl/α,β-unsaturated/α-hetero) is 1. The minimum atomic E-state index is -1.23. The quantitative estimate of drug-likeness (QED) is 0.0712. The SMILES string of the molecule is COc1c(O)c2c3c(c(CO)c4c5c(CO)c6c(c7c8c(c9c(c(c1C(C(C)=O)C(C)=C9)c24)c75)NC1CCCCC1N8)=NC(C(=O)O)C(C)(C)S6)SC(C)(C)C(C(=O)O)N=3. The number of ketones is 1. The number of phenolic OH excluding ortho intramolecular Hbond substituents is 1. The van der Waals surface area contributed by atoms with Gasteiger partial charge in [-0.3, -0.25) is 14.8 Å². The van der Waals surface area contributed by atoms with Crippen molar-refractivity contribution < 1.29 is 44.7 Å². The molecule has 0 amide bonds. The molecular formula is C45H46N4O9S2. The monoisotopic (exact) mass is 850 g/mol. The van der Waals surface area contributed by atoms with Crippen LogP contribution in [0, 0.1) is 0 Å². The summed E-state index contributed by atoms with van der Waals surface area (Å²) in [6.07, 6.45) is 5.92. The number of hydrogen-bond donors (Lipinski definition) is 7. The molecule has 5 unspecified atom stereocenters. The van der Waals surface area contributed by atoms with Gasteiger partial charge in [0.05, 0.1) is 53.7 Å². The van der Waals surface area contributed by atoms with Crippen molar-refractivity contribution in [1.82, 2.24) is 0 Å². The molecule has 5 aromatic carbocycles. The maximum absolute atomic E-state index is 14.1. The van der Waals surface area contributed by atoms with Gasteiger partial charge in [-0.05, 0) is 70.5 Å². The average molecular weight is 851 g/mol. The minimum Gasteiger partial charge on any atom is -0.504 e. The summed E-state index contributed by atoms with van der Waals surface area (Å²) < 4.78 is 4.19. The zero-order chi connectivity index (χ0) is 42.6. The summed E-state index contributed by atoms with van der Waals surface area (Å²) in [6, 6.07) is -2.23. The first-order chi connectivity index (χ1) is 28.5. The van der Waals surface area contributed by atoms with Crippen molar-refractivity contribution in [1.29, 1.82) is 0 Å². The third-order valence-electron chi connectivity index (χ3n) is 13.6. The number of fused-ring (bicyclic) bond motifs is 9. The van der Waals surface area contributed by atoms with Crippen LogP contribution < -0.4 is 26.1 Å². The second-order valence-electron chi connectivity index (χ2n) is 18.0. The lowest BCUT2D eigenvalue weighted by atomic mass is 9.78. The van der Waals surface area contributed by atoms with Gasteiger partial charge in [0, 0.05) is 75.2 Å². The molecule has 3 heterocycles. The van der Waals surface area contributed by atoms with Crippen molar-refractivity contribution in [2.75, 3.05) is 17.7 Å². The van der Waals surface area contributed by atoms with E-state index in [9.17, 15) is 39.9 Å². The van der Waals surface area contributed by atoms with Crippen LogP contribution in [0.25, 0.3) is 49.2 Å². The molecule has 5 atom stereocenters. The Bertz CT molecular complexity index is 3010. The largest absolute Gasteiger partial charge is 0.504 e. The first-order valence-electron chi connectivity index (χ1n) is 20.3. The number of anilines is 2. The van der Waals surface area contributed by atoms with Gasteiger partial charge in [0.25, 0.3) is 0 Å². The number of carboxylic acids is 2. The third kappa shape index (κ3) is 5.00. The minimum absolute atomic E-state index is 0.0427. The van der Waals surface area contributed by atoms with Gasteiger partial charge in [-0.1, -0.05) is 24.5 Å². The summed E-state index contributed by atoms with van der Waals surface area (Å²) in [5.41, 5.74) is 4.31. The molecule has 60 heavy (non-hydrogen) atoms. The Kier molecular flexibility index (Phi) is 8.58. The summed E-state index contributed by atoms with van der Waals surface area (Å²) in [4.78, 5) is 51.1. The van der Waals surface area contributed by atoms with Gasteiger partial charge >= 0.3 is 11.9 Å². The van der Waals surface area contributed by atoms with Crippen molar-refractivity contribution in [3.63, 3.8) is 0 Å². The molecule has 2 aliphatic carbocycles. The number of carbonyl (C=O) groups excluding carboxylic acids is 1. The predicted molar refractivity (Wildman–Crippen MR) is 233 cm³/mol. The van der Waals surface area contributed by atoms with E-state index in [1.165, 1.54) is 37.6 Å². The van der Waals surface area contributed by atoms with Crippen molar-refractivity contribution in [2.24, 2.45) is 9.98 Å². The van der Waals surface area contributed by atoms with Gasteiger partial charge in [-0.15, -0.1) is 23.5 Å². The second-order valence-corrected chi connectivity index (χ2v) is 21.3. The Morgan fingerprint density at radius 1 is 0.767 bits per heavy atom. The third-order valence-corrected chi connectivity index (χ3v) is 16.3. The number of rotatable bonds is 6. The fourth-order valence-corrected chi connectivity index (χ4v) is 13.8. The summed E-state index contributed by atoms with van der Waals surface area (Å²) in [6.45, 7) is 9.62. The van der Waals surface area contributed by atoms with Gasteiger partial charge in [0.1, 0.15) is 5.78 Å². The number of nitrogens with zero attached hydrogens (tertiary/aromatic N) is 2. The van der Waals surface area contributed by atoms with Crippen LogP contribution in [-0.2, 0) is 27.6 Å². The lowest BCUT2D eigenvalue weighted by molar-refractivity contribution is -0.140. The maximum Gasteiger partial charge on any atom is 0.329 e. The van der Waals surface area contributed by atoms with Gasteiger partial charge in [-0.2, -0.15) is 0 Å². The fraction of sp³-hybridized carbons (Fsp3) is 0.444. The number of benzene rings is 5. The van der Waals surface area contributed by atoms with Crippen LogP contribution in [0.3, 0.4) is 0 Å². The van der Waals surface area contributed by atoms with Crippen LogP contribution in [0.2, 0.25) is 0 Å². The van der Waals surface area contributed by atoms with E-state index >= 15 is 0 Å². The number of methoxy groups -OCH3 is 1. The van der Waals surface area contributed by atoms with Crippen molar-refractivity contribution in [2.45, 2.75) is 130 Å². The van der Waals surface area contributed by atoms with Gasteiger partial charge in [0.15, 0.2) is 23.6 Å². The highest BCUT2D eigenvalue weighted by Crippen LogP contribution is 2.60. The first kappa shape index (κ1) is 39.3. The molecule has 0 radical (unpaired) electrons. The first-order valence-corrected chi connectivity index (χ1v) is 22.0. The van der Waals surface area contributed by atoms with Crippen molar-refractivity contribution in [3.8, 4) is 11.5 Å². The number of aromatic hydroxyl groups is 1. The molecule has 0 aromatic heterocycles. The number of aliphatic hydroxyl groups is 2. The molecule has 0 bridgehead atoms. The van der Waals surface area contributed by atoms with E-state index in [1.807, 2.05) is 26.8 Å². The van der Waals surface area contributed by atoms with Crippen molar-refractivity contribution >= 4 is 102 Å². The smallest absolute Gasteiger partial charge is 0.329 e. The van der Waals surface area contributed by atoms with Crippen LogP contribution in [0.5, 0.6) is 11.5 Å². The number of allylic oxidation sites excluding steroid dienone is 1. The van der Waals surface area contributed by atoms with E-state index in [0.29, 0.717) is 75.1 Å². The number of ether oxygens (including phenoxy) is 1. The Morgan fingerprint density at radius 3 is 1.75 bits per heavy atom. The lowest BCUT2D eigenvalue weighted by Gasteiger charge is -2.41. The molecule has 0 saturated heterocycles. The zero-order valence-corrected chi connectivity index (χ0v) is 35.9. The van der Waals surface area contributed by atoms with Gasteiger partial charge in [0.2, 0.25) is 0 Å². The number of carbonyl (C=O) groups is 3. The fourth-order valence-electron chi connectivity index (χ4n) is 11.1. The highest BCUT2D eigenvalue weighted by atomic mass is 32.2. The molecule has 15 heteroatoms. The molecule has 1 fully saturated rings. The number of carboxylic acid groups (broad SMARTS) is 2. The predicted octanol–water partition coefficient (Wildman–Crippen LogP) is 6.59. The molecule has 13 nitrogen and oxygen atoms in total. The molecule has 0 spiro atoms. The maximum atomic E-state index is 14.1. The number of phenols is 1. The molecule has 7 N–H and O–H groups in total. The van der Waals surface area contributed by atoms with E-state index in [4.69, 9.17) is 14.7 Å². The Hall–Kier alpha value is -4.83. The molecular weight excluding hydrogens is 805 g/mol. The van der Waals surface area contributed by atoms with Crippen LogP contribution in [0.15, 0.2) is 25.3 Å². The normalized spacial score (nSPS) is 24.6. The number of nitrogens with one attached hydrogen (secondary N) is 2. The summed E-state index contributed by atoms with van der Waals surface area (Å²) in [7, 11) is 1.43. The zero-order valence-electron chi connectivity index (χ0n) is 34.3. The van der Waals surface area contributed by atoms with E-state index in [0.717, 1.165) is 42.6 Å². The lowest BCUT2D eigenvalue weighted by Crippen LogP contribution is -2.46. The molecule has 3 aliphatic heterocycles. The number of hydrogen-bond acceptors (Lipinski definition) is 13. The standard InChI is InChI=1S/C45H46N4O9S2/c1-15-12-17-23-26-24(18(13-50)38-34(48-40(42(54)55)44(3,4)59-38)30(26)33-32(17)46-20-10-8-9-11-21(20)47-33)25-19(14-51)39-35(49-41(43(56)57)45(5,6)60-39)31-28(25)27(23)29(22(15)16(2)52)37(58-7)36(31)53/h12,20-22,40-41,46-47,50-51,53H,8-11,13-14H2,1-7H3,(H,54,55)(H,56,57). The number of thioether (sulfide) groups is 2. The topological polar surface area (TPSA) is 210 Å². The summed E-state index contributed by atoms with van der Waals surface area (Å²) in [5.74, 6) is -3.59. The van der Waals surface area contributed by atoms with E-state index in [-0.39, 0.29) is 40.1 Å². The van der Waals surface area contributed by atoms with Gasteiger partial charge in [-0.25, -0.2) is 9.59 Å². The highest BCUT2D eigenvalue weighted by molar-refractivity contribution is 8.01. The van der Waals surface area contributed by atoms with Crippen molar-refractivity contribution in [3.05, 3.63) is 38.5 Å². The van der Waals surface area contributed by atoms with E-state index in [2.05, 4.69) is 10.6 Å². The Balaban J connectivity index is 1.61. The molecule has 10 rings (SSSR count). The van der Waals surface area contributed by atoms with E-state index < -0.39 is 52.6 Å². The molecule has 1 saturated carbocycles. The Labute approximate surface area is 352 Å². The van der Waals surface area contributed by atoms with Crippen LogP contribution in [0.1, 0.15) is 95.4 Å². The van der Waals surface area contributed by atoms with Crippen LogP contribution in [-0.4, -0.2) is 84.0 Å². The molecule has 5 aliphatic rings. The Morgan fingerprint density at radius 2 is 1.27 bits per heavy atom. The van der Waals surface area contributed by atoms with Gasteiger partial charge < -0.3 is 40.9 Å².